The number of nitrogens with two attached hydrogens (primary N) is 1. The minimum atomic E-state index is -3.87. The molecule has 1 aromatic rings. The lowest BCUT2D eigenvalue weighted by Crippen LogP contribution is -2.40. The van der Waals surface area contributed by atoms with Crippen molar-refractivity contribution in [1.82, 2.24) is 9.21 Å². The zero-order valence-electron chi connectivity index (χ0n) is 14.0. The van der Waals surface area contributed by atoms with Crippen molar-refractivity contribution in [3.8, 4) is 5.75 Å². The lowest BCUT2D eigenvalue weighted by molar-refractivity contribution is 0.0823. The van der Waals surface area contributed by atoms with E-state index in [1.54, 1.807) is 14.1 Å². The number of carbonyl (C=O) groups is 1. The van der Waals surface area contributed by atoms with E-state index in [9.17, 15) is 13.2 Å². The van der Waals surface area contributed by atoms with Crippen LogP contribution in [-0.4, -0.2) is 63.9 Å². The van der Waals surface area contributed by atoms with Crippen LogP contribution >= 0.6 is 11.6 Å². The van der Waals surface area contributed by atoms with Gasteiger partial charge < -0.3 is 15.4 Å². The molecule has 0 spiro atoms. The summed E-state index contributed by atoms with van der Waals surface area (Å²) in [7, 11) is 0.601. The molecule has 0 saturated carbocycles. The van der Waals surface area contributed by atoms with Crippen molar-refractivity contribution in [3.63, 3.8) is 0 Å². The molecule has 1 aromatic carbocycles. The fourth-order valence-corrected chi connectivity index (χ4v) is 5.05. The van der Waals surface area contributed by atoms with Crippen LogP contribution < -0.4 is 10.5 Å². The predicted octanol–water partition coefficient (Wildman–Crippen LogP) is 1.16. The molecule has 0 aromatic heterocycles. The van der Waals surface area contributed by atoms with Crippen LogP contribution in [-0.2, 0) is 10.0 Å². The van der Waals surface area contributed by atoms with Gasteiger partial charge in [0.2, 0.25) is 10.0 Å². The van der Waals surface area contributed by atoms with Crippen LogP contribution in [0, 0.1) is 0 Å². The van der Waals surface area contributed by atoms with Crippen molar-refractivity contribution < 1.29 is 17.9 Å². The number of halogens is 1. The summed E-state index contributed by atoms with van der Waals surface area (Å²) < 4.78 is 32.8. The average molecular weight is 376 g/mol. The zero-order valence-corrected chi connectivity index (χ0v) is 15.5. The summed E-state index contributed by atoms with van der Waals surface area (Å²) >= 11 is 6.08. The third kappa shape index (κ3) is 3.37. The van der Waals surface area contributed by atoms with E-state index >= 15 is 0 Å². The van der Waals surface area contributed by atoms with E-state index in [-0.39, 0.29) is 39.7 Å². The van der Waals surface area contributed by atoms with Crippen molar-refractivity contribution in [2.24, 2.45) is 5.73 Å². The molecule has 2 rings (SSSR count). The zero-order chi connectivity index (χ0) is 18.1. The number of hydrogen-bond donors (Lipinski definition) is 1. The molecule has 1 aliphatic heterocycles. The molecule has 0 bridgehead atoms. The SMILES string of the molecule is COc1c(C(=O)N(C)C)cc(Cl)cc1S(=O)(=O)N1CCCC1CN. The normalized spacial score (nSPS) is 18.6. The molecule has 0 aliphatic carbocycles. The standard InChI is InChI=1S/C15H22ClN3O4S/c1-18(2)15(20)12-7-10(16)8-13(14(12)23-3)24(21,22)19-6-4-5-11(19)9-17/h7-8,11H,4-6,9,17H2,1-3H3. The number of hydrogen-bond acceptors (Lipinski definition) is 5. The van der Waals surface area contributed by atoms with Gasteiger partial charge in [0.15, 0.2) is 5.75 Å². The maximum absolute atomic E-state index is 13.1. The van der Waals surface area contributed by atoms with E-state index in [0.717, 1.165) is 6.42 Å². The minimum absolute atomic E-state index is 0.000714. The van der Waals surface area contributed by atoms with Crippen LogP contribution in [0.2, 0.25) is 5.02 Å². The van der Waals surface area contributed by atoms with Gasteiger partial charge in [-0.2, -0.15) is 4.31 Å². The highest BCUT2D eigenvalue weighted by Crippen LogP contribution is 2.36. The third-order valence-electron chi connectivity index (χ3n) is 4.04. The summed E-state index contributed by atoms with van der Waals surface area (Å²) in [5, 5.41) is 0.156. The maximum Gasteiger partial charge on any atom is 0.257 e. The first kappa shape index (κ1) is 19.0. The Kier molecular flexibility index (Phi) is 5.74. The van der Waals surface area contributed by atoms with Crippen molar-refractivity contribution in [2.45, 2.75) is 23.8 Å². The van der Waals surface area contributed by atoms with Gasteiger partial charge >= 0.3 is 0 Å². The van der Waals surface area contributed by atoms with Crippen LogP contribution in [0.3, 0.4) is 0 Å². The summed E-state index contributed by atoms with van der Waals surface area (Å²) in [6, 6.07) is 2.46. The summed E-state index contributed by atoms with van der Waals surface area (Å²) in [5.41, 5.74) is 5.80. The smallest absolute Gasteiger partial charge is 0.257 e. The van der Waals surface area contributed by atoms with E-state index in [1.807, 2.05) is 0 Å². The van der Waals surface area contributed by atoms with Crippen LogP contribution in [0.4, 0.5) is 0 Å². The molecule has 1 atom stereocenters. The first-order chi connectivity index (χ1) is 11.2. The number of sulfonamides is 1. The molecule has 9 heteroatoms. The van der Waals surface area contributed by atoms with Crippen LogP contribution in [0.5, 0.6) is 5.75 Å². The van der Waals surface area contributed by atoms with Crippen molar-refractivity contribution >= 4 is 27.5 Å². The van der Waals surface area contributed by atoms with Crippen molar-refractivity contribution in [3.05, 3.63) is 22.7 Å². The van der Waals surface area contributed by atoms with Gasteiger partial charge in [0.05, 0.1) is 12.7 Å². The van der Waals surface area contributed by atoms with E-state index < -0.39 is 10.0 Å². The average Bonchev–Trinajstić information content (AvgIpc) is 3.02. The molecule has 24 heavy (non-hydrogen) atoms. The lowest BCUT2D eigenvalue weighted by Gasteiger charge is -2.25. The van der Waals surface area contributed by atoms with Gasteiger partial charge in [-0.05, 0) is 25.0 Å². The quantitative estimate of drug-likeness (QED) is 0.833. The number of benzene rings is 1. The monoisotopic (exact) mass is 375 g/mol. The Morgan fingerprint density at radius 1 is 1.46 bits per heavy atom. The van der Waals surface area contributed by atoms with Crippen molar-refractivity contribution in [2.75, 3.05) is 34.3 Å². The van der Waals surface area contributed by atoms with Crippen molar-refractivity contribution in [1.29, 1.82) is 0 Å². The summed E-state index contributed by atoms with van der Waals surface area (Å²) in [6.45, 7) is 0.627. The molecule has 7 nitrogen and oxygen atoms in total. The fourth-order valence-electron chi connectivity index (χ4n) is 2.86. The van der Waals surface area contributed by atoms with E-state index in [2.05, 4.69) is 0 Å². The van der Waals surface area contributed by atoms with Gasteiger partial charge in [0.1, 0.15) is 4.90 Å². The van der Waals surface area contributed by atoms with Crippen LogP contribution in [0.25, 0.3) is 0 Å². The van der Waals surface area contributed by atoms with Gasteiger partial charge in [0.25, 0.3) is 5.91 Å². The topological polar surface area (TPSA) is 92.9 Å². The minimum Gasteiger partial charge on any atom is -0.494 e. The number of amides is 1. The fraction of sp³-hybridized carbons (Fsp3) is 0.533. The van der Waals surface area contributed by atoms with Gasteiger partial charge in [-0.25, -0.2) is 8.42 Å². The van der Waals surface area contributed by atoms with Gasteiger partial charge in [-0.15, -0.1) is 0 Å². The highest BCUT2D eigenvalue weighted by atomic mass is 35.5. The Hall–Kier alpha value is -1.35. The molecule has 0 radical (unpaired) electrons. The largest absolute Gasteiger partial charge is 0.494 e. The van der Waals surface area contributed by atoms with Gasteiger partial charge in [-0.3, -0.25) is 4.79 Å². The van der Waals surface area contributed by atoms with E-state index in [0.29, 0.717) is 13.0 Å². The molecule has 1 saturated heterocycles. The summed E-state index contributed by atoms with van der Waals surface area (Å²) in [4.78, 5) is 13.6. The highest BCUT2D eigenvalue weighted by molar-refractivity contribution is 7.89. The molecule has 1 aliphatic rings. The summed E-state index contributed by atoms with van der Waals surface area (Å²) in [6.07, 6.45) is 1.45. The number of nitrogens with zero attached hydrogens (tertiary/aromatic N) is 2. The number of methoxy groups -OCH3 is 1. The van der Waals surface area contributed by atoms with Gasteiger partial charge in [-0.1, -0.05) is 11.6 Å². The summed E-state index contributed by atoms with van der Waals surface area (Å²) in [5.74, 6) is -0.386. The molecular weight excluding hydrogens is 354 g/mol. The van der Waals surface area contributed by atoms with E-state index in [4.69, 9.17) is 22.1 Å². The third-order valence-corrected chi connectivity index (χ3v) is 6.22. The van der Waals surface area contributed by atoms with Gasteiger partial charge in [0, 0.05) is 38.2 Å². The Balaban J connectivity index is 2.63. The van der Waals surface area contributed by atoms with E-state index in [1.165, 1.54) is 28.4 Å². The molecule has 2 N–H and O–H groups in total. The first-order valence-electron chi connectivity index (χ1n) is 7.55. The number of carbonyl (C=O) groups excluding carboxylic acids is 1. The second kappa shape index (κ2) is 7.26. The Labute approximate surface area is 147 Å². The highest BCUT2D eigenvalue weighted by Gasteiger charge is 2.37. The second-order valence-electron chi connectivity index (χ2n) is 5.83. The number of rotatable bonds is 5. The van der Waals surface area contributed by atoms with Crippen LogP contribution in [0.15, 0.2) is 17.0 Å². The molecule has 1 heterocycles. The molecule has 1 fully saturated rings. The Morgan fingerprint density at radius 2 is 2.12 bits per heavy atom. The molecule has 134 valence electrons. The predicted molar refractivity (Wildman–Crippen MR) is 92.0 cm³/mol. The second-order valence-corrected chi connectivity index (χ2v) is 8.13. The lowest BCUT2D eigenvalue weighted by atomic mass is 10.2. The maximum atomic E-state index is 13.1. The first-order valence-corrected chi connectivity index (χ1v) is 9.37. The Bertz CT molecular complexity index is 736. The number of ether oxygens (including phenoxy) is 1. The molecular formula is C15H22ClN3O4S. The van der Waals surface area contributed by atoms with Crippen LogP contribution in [0.1, 0.15) is 23.2 Å². The molecule has 1 amide bonds. The Morgan fingerprint density at radius 3 is 2.67 bits per heavy atom. The molecule has 1 unspecified atom stereocenters.